The van der Waals surface area contributed by atoms with Crippen LogP contribution in [0, 0.1) is 5.92 Å². The summed E-state index contributed by atoms with van der Waals surface area (Å²) in [5.74, 6) is 0.547. The van der Waals surface area contributed by atoms with Crippen LogP contribution in [-0.2, 0) is 0 Å². The van der Waals surface area contributed by atoms with Crippen molar-refractivity contribution in [1.29, 1.82) is 0 Å². The Morgan fingerprint density at radius 3 is 2.33 bits per heavy atom. The van der Waals surface area contributed by atoms with Crippen molar-refractivity contribution < 1.29 is 4.79 Å². The number of hydrogen-bond donors (Lipinski definition) is 1. The van der Waals surface area contributed by atoms with Gasteiger partial charge in [-0.1, -0.05) is 30.3 Å². The van der Waals surface area contributed by atoms with Crippen LogP contribution in [0.1, 0.15) is 23.2 Å². The predicted octanol–water partition coefficient (Wildman–Crippen LogP) is 2.45. The Labute approximate surface area is 101 Å². The second-order valence-corrected chi connectivity index (χ2v) is 3.75. The summed E-state index contributed by atoms with van der Waals surface area (Å²) in [5, 5.41) is 3.27. The summed E-state index contributed by atoms with van der Waals surface area (Å²) in [7, 11) is 0. The van der Waals surface area contributed by atoms with Crippen molar-refractivity contribution in [2.24, 2.45) is 5.92 Å². The van der Waals surface area contributed by atoms with Gasteiger partial charge in [-0.3, -0.25) is 4.79 Å². The molecule has 15 heavy (non-hydrogen) atoms. The molecular weight excluding hydrogens is 254 g/mol. The number of benzene rings is 1. The van der Waals surface area contributed by atoms with Crippen LogP contribution in [0.5, 0.6) is 0 Å². The van der Waals surface area contributed by atoms with E-state index in [1.54, 1.807) is 0 Å². The van der Waals surface area contributed by atoms with Gasteiger partial charge in [-0.2, -0.15) is 0 Å². The van der Waals surface area contributed by atoms with Crippen molar-refractivity contribution in [2.45, 2.75) is 12.8 Å². The number of hydrogen-bond acceptors (Lipinski definition) is 2. The zero-order valence-electron chi connectivity index (χ0n) is 8.61. The van der Waals surface area contributed by atoms with Crippen molar-refractivity contribution in [1.82, 2.24) is 5.32 Å². The van der Waals surface area contributed by atoms with E-state index in [2.05, 4.69) is 5.32 Å². The predicted molar refractivity (Wildman–Crippen MR) is 66.7 cm³/mol. The second kappa shape index (κ2) is 6.03. The summed E-state index contributed by atoms with van der Waals surface area (Å²) in [6, 6.07) is 9.61. The normalized spacial score (nSPS) is 16.8. The summed E-state index contributed by atoms with van der Waals surface area (Å²) in [6.07, 6.45) is 1.96. The van der Waals surface area contributed by atoms with Gasteiger partial charge in [0.15, 0.2) is 5.78 Å². The largest absolute Gasteiger partial charge is 0.317 e. The van der Waals surface area contributed by atoms with Gasteiger partial charge in [0.1, 0.15) is 0 Å². The van der Waals surface area contributed by atoms with Crippen LogP contribution in [0.4, 0.5) is 0 Å². The maximum Gasteiger partial charge on any atom is 0.166 e. The number of rotatable bonds is 2. The highest BCUT2D eigenvalue weighted by molar-refractivity contribution is 8.93. The molecule has 0 aromatic heterocycles. The van der Waals surface area contributed by atoms with Crippen LogP contribution < -0.4 is 5.32 Å². The van der Waals surface area contributed by atoms with Crippen molar-refractivity contribution in [3.63, 3.8) is 0 Å². The fourth-order valence-electron chi connectivity index (χ4n) is 1.92. The maximum absolute atomic E-state index is 12.0. The Balaban J connectivity index is 0.00000112. The molecule has 0 amide bonds. The maximum atomic E-state index is 12.0. The molecule has 1 aromatic rings. The van der Waals surface area contributed by atoms with Crippen molar-refractivity contribution in [3.8, 4) is 0 Å². The number of halogens is 1. The fraction of sp³-hybridized carbons (Fsp3) is 0.417. The lowest BCUT2D eigenvalue weighted by Gasteiger charge is -2.21. The lowest BCUT2D eigenvalue weighted by Crippen LogP contribution is -2.31. The lowest BCUT2D eigenvalue weighted by molar-refractivity contribution is 0.0895. The molecule has 0 radical (unpaired) electrons. The number of carbonyl (C=O) groups is 1. The summed E-state index contributed by atoms with van der Waals surface area (Å²) >= 11 is 0. The number of piperidine rings is 1. The lowest BCUT2D eigenvalue weighted by atomic mass is 9.90. The number of Topliss-reactive ketones (excluding diaryl/α,β-unsaturated/α-hetero) is 1. The zero-order chi connectivity index (χ0) is 9.80. The Morgan fingerprint density at radius 1 is 1.13 bits per heavy atom. The first-order valence-electron chi connectivity index (χ1n) is 5.18. The molecule has 0 saturated carbocycles. The van der Waals surface area contributed by atoms with Gasteiger partial charge in [0.25, 0.3) is 0 Å². The second-order valence-electron chi connectivity index (χ2n) is 3.75. The van der Waals surface area contributed by atoms with E-state index >= 15 is 0 Å². The van der Waals surface area contributed by atoms with Crippen molar-refractivity contribution >= 4 is 22.8 Å². The molecule has 1 aliphatic heterocycles. The SMILES string of the molecule is Br.O=C(c1ccccc1)C1CCNCC1. The van der Waals surface area contributed by atoms with Gasteiger partial charge in [-0.25, -0.2) is 0 Å². The highest BCUT2D eigenvalue weighted by atomic mass is 79.9. The van der Waals surface area contributed by atoms with Gasteiger partial charge in [0.05, 0.1) is 0 Å². The molecule has 1 fully saturated rings. The molecule has 2 nitrogen and oxygen atoms in total. The van der Waals surface area contributed by atoms with Gasteiger partial charge in [0, 0.05) is 11.5 Å². The minimum Gasteiger partial charge on any atom is -0.317 e. The van der Waals surface area contributed by atoms with Crippen molar-refractivity contribution in [3.05, 3.63) is 35.9 Å². The van der Waals surface area contributed by atoms with E-state index in [-0.39, 0.29) is 22.9 Å². The first-order valence-corrected chi connectivity index (χ1v) is 5.18. The molecule has 82 valence electrons. The van der Waals surface area contributed by atoms with Gasteiger partial charge < -0.3 is 5.32 Å². The Hall–Kier alpha value is -0.670. The third kappa shape index (κ3) is 3.14. The molecule has 0 spiro atoms. The highest BCUT2D eigenvalue weighted by Gasteiger charge is 2.21. The molecule has 1 aromatic carbocycles. The summed E-state index contributed by atoms with van der Waals surface area (Å²) in [4.78, 5) is 12.0. The number of carbonyl (C=O) groups excluding carboxylic acids is 1. The van der Waals surface area contributed by atoms with Crippen LogP contribution >= 0.6 is 17.0 Å². The molecule has 1 heterocycles. The standard InChI is InChI=1S/C12H15NO.BrH/c14-12(10-4-2-1-3-5-10)11-6-8-13-9-7-11;/h1-5,11,13H,6-9H2;1H. The summed E-state index contributed by atoms with van der Waals surface area (Å²) in [5.41, 5.74) is 0.861. The van der Waals surface area contributed by atoms with Crippen LogP contribution in [0.25, 0.3) is 0 Å². The van der Waals surface area contributed by atoms with E-state index in [1.165, 1.54) is 0 Å². The molecule has 0 atom stereocenters. The minimum atomic E-state index is 0. The third-order valence-corrected chi connectivity index (χ3v) is 2.77. The molecule has 3 heteroatoms. The van der Waals surface area contributed by atoms with Crippen LogP contribution in [0.3, 0.4) is 0 Å². The summed E-state index contributed by atoms with van der Waals surface area (Å²) in [6.45, 7) is 1.95. The molecule has 0 unspecified atom stereocenters. The molecule has 0 bridgehead atoms. The molecular formula is C12H16BrNO. The van der Waals surface area contributed by atoms with Gasteiger partial charge in [-0.15, -0.1) is 17.0 Å². The van der Waals surface area contributed by atoms with E-state index in [0.717, 1.165) is 31.5 Å². The Bertz CT molecular complexity index is 307. The molecule has 1 saturated heterocycles. The average Bonchev–Trinajstić information content (AvgIpc) is 2.30. The first kappa shape index (κ1) is 12.4. The minimum absolute atomic E-state index is 0. The first-order chi connectivity index (χ1) is 6.88. The fourth-order valence-corrected chi connectivity index (χ4v) is 1.92. The number of ketones is 1. The monoisotopic (exact) mass is 269 g/mol. The van der Waals surface area contributed by atoms with Crippen LogP contribution in [-0.4, -0.2) is 18.9 Å². The molecule has 1 N–H and O–H groups in total. The van der Waals surface area contributed by atoms with Crippen LogP contribution in [0.15, 0.2) is 30.3 Å². The Morgan fingerprint density at radius 2 is 1.73 bits per heavy atom. The smallest absolute Gasteiger partial charge is 0.166 e. The third-order valence-electron chi connectivity index (χ3n) is 2.77. The van der Waals surface area contributed by atoms with E-state index < -0.39 is 0 Å². The molecule has 0 aliphatic carbocycles. The molecule has 1 aliphatic rings. The molecule has 2 rings (SSSR count). The van der Waals surface area contributed by atoms with E-state index in [4.69, 9.17) is 0 Å². The Kier molecular flexibility index (Phi) is 4.99. The van der Waals surface area contributed by atoms with Crippen molar-refractivity contribution in [2.75, 3.05) is 13.1 Å². The average molecular weight is 270 g/mol. The van der Waals surface area contributed by atoms with Crippen LogP contribution in [0.2, 0.25) is 0 Å². The topological polar surface area (TPSA) is 29.1 Å². The quantitative estimate of drug-likeness (QED) is 0.836. The van der Waals surface area contributed by atoms with Gasteiger partial charge in [0.2, 0.25) is 0 Å². The number of nitrogens with one attached hydrogen (secondary N) is 1. The zero-order valence-corrected chi connectivity index (χ0v) is 10.3. The van der Waals surface area contributed by atoms with E-state index in [0.29, 0.717) is 5.78 Å². The summed E-state index contributed by atoms with van der Waals surface area (Å²) < 4.78 is 0. The van der Waals surface area contributed by atoms with Gasteiger partial charge in [-0.05, 0) is 25.9 Å². The highest BCUT2D eigenvalue weighted by Crippen LogP contribution is 2.17. The van der Waals surface area contributed by atoms with Gasteiger partial charge >= 0.3 is 0 Å². The van der Waals surface area contributed by atoms with E-state index in [9.17, 15) is 4.79 Å². The van der Waals surface area contributed by atoms with E-state index in [1.807, 2.05) is 30.3 Å².